The van der Waals surface area contributed by atoms with E-state index in [1.54, 1.807) is 24.1 Å². The minimum atomic E-state index is -1.31. The Morgan fingerprint density at radius 2 is 1.81 bits per heavy atom. The Labute approximate surface area is 280 Å². The average molecular weight is 655 g/mol. The number of benzene rings is 1. The second kappa shape index (κ2) is 16.2. The van der Waals surface area contributed by atoms with Crippen LogP contribution in [0.25, 0.3) is 0 Å². The standard InChI is InChI=1S/C37H54N2O8/c1-8-20-44-26-16-17-31-29(23-26)33-27(15-11-13-19-41)25(14-10-12-18-40)22-28-30(38-47-36(3,4)5)24-32(39(6)35(42)43-7)37(46-31,34(28)33)45-21-9-2/h8-9,16-17,22-23,25,27,32-34,40-41H,1-2,10-15,18-21,24H2,3-7H3/t25-,27+,32-,33+,34+,37+/m0/s1. The molecule has 0 spiro atoms. The van der Waals surface area contributed by atoms with Crippen LogP contribution in [-0.2, 0) is 14.3 Å². The molecule has 0 radical (unpaired) electrons. The summed E-state index contributed by atoms with van der Waals surface area (Å²) in [5.41, 5.74) is 2.17. The lowest BCUT2D eigenvalue weighted by molar-refractivity contribution is -0.253. The second-order valence-corrected chi connectivity index (χ2v) is 13.7. The average Bonchev–Trinajstić information content (AvgIpc) is 3.05. The molecule has 1 aromatic rings. The molecule has 1 aromatic carbocycles. The SMILES string of the molecule is C=CCOc1ccc2c(c1)[C@H]1[C@H](CCCCO)[C@@H](CCCCO)C=C3C(=NOC(C)(C)C)C[C@H](N(C)C(=O)OC)[C@@](OCC=C)(O2)[C@H]31. The number of carbonyl (C=O) groups excluding carboxylic acids is 1. The minimum absolute atomic E-state index is 0.121. The topological polar surface area (TPSA) is 119 Å². The lowest BCUT2D eigenvalue weighted by Crippen LogP contribution is -2.69. The molecule has 47 heavy (non-hydrogen) atoms. The molecule has 1 aliphatic heterocycles. The molecule has 3 aliphatic rings. The van der Waals surface area contributed by atoms with E-state index in [0.29, 0.717) is 37.4 Å². The van der Waals surface area contributed by atoms with Crippen LogP contribution in [0.3, 0.4) is 0 Å². The summed E-state index contributed by atoms with van der Waals surface area (Å²) in [6.07, 6.45) is 10.4. The number of allylic oxidation sites excluding steroid dienone is 1. The lowest BCUT2D eigenvalue weighted by Gasteiger charge is -2.59. The molecule has 0 saturated heterocycles. The quantitative estimate of drug-likeness (QED) is 0.120. The molecule has 1 heterocycles. The maximum atomic E-state index is 13.2. The fourth-order valence-corrected chi connectivity index (χ4v) is 7.44. The van der Waals surface area contributed by atoms with E-state index in [1.807, 2.05) is 32.9 Å². The highest BCUT2D eigenvalue weighted by Crippen LogP contribution is 2.61. The van der Waals surface area contributed by atoms with E-state index in [1.165, 1.54) is 7.11 Å². The van der Waals surface area contributed by atoms with E-state index in [0.717, 1.165) is 42.5 Å². The highest BCUT2D eigenvalue weighted by Gasteiger charge is 2.65. The number of unbranched alkanes of at least 4 members (excludes halogenated alkanes) is 2. The first kappa shape index (κ1) is 36.5. The van der Waals surface area contributed by atoms with Crippen LogP contribution in [0.5, 0.6) is 11.5 Å². The van der Waals surface area contributed by atoms with Crippen LogP contribution in [0.1, 0.15) is 77.2 Å². The number of oxime groups is 1. The number of nitrogens with zero attached hydrogens (tertiary/aromatic N) is 2. The Kier molecular flexibility index (Phi) is 12.6. The number of ether oxygens (including phenoxy) is 4. The van der Waals surface area contributed by atoms with E-state index >= 15 is 0 Å². The second-order valence-electron chi connectivity index (χ2n) is 13.7. The molecule has 1 fully saturated rings. The summed E-state index contributed by atoms with van der Waals surface area (Å²) in [6, 6.07) is 5.24. The van der Waals surface area contributed by atoms with Crippen molar-refractivity contribution in [2.24, 2.45) is 22.9 Å². The van der Waals surface area contributed by atoms with Gasteiger partial charge in [0.25, 0.3) is 0 Å². The summed E-state index contributed by atoms with van der Waals surface area (Å²) in [5, 5.41) is 24.2. The third-order valence-corrected chi connectivity index (χ3v) is 9.37. The summed E-state index contributed by atoms with van der Waals surface area (Å²) < 4.78 is 25.1. The molecule has 1 saturated carbocycles. The Hall–Kier alpha value is -3.34. The van der Waals surface area contributed by atoms with Crippen molar-refractivity contribution in [2.75, 3.05) is 40.6 Å². The summed E-state index contributed by atoms with van der Waals surface area (Å²) in [7, 11) is 3.06. The number of carbonyl (C=O) groups is 1. The number of likely N-dealkylation sites (N-methyl/N-ethyl adjacent to an activating group) is 1. The zero-order valence-electron chi connectivity index (χ0n) is 28.8. The van der Waals surface area contributed by atoms with Crippen molar-refractivity contribution in [2.45, 2.75) is 89.1 Å². The highest BCUT2D eigenvalue weighted by atomic mass is 16.7. The van der Waals surface area contributed by atoms with E-state index in [4.69, 9.17) is 28.9 Å². The van der Waals surface area contributed by atoms with Gasteiger partial charge in [-0.15, -0.1) is 6.58 Å². The van der Waals surface area contributed by atoms with Gasteiger partial charge in [-0.25, -0.2) is 4.79 Å². The summed E-state index contributed by atoms with van der Waals surface area (Å²) in [4.78, 5) is 20.8. The van der Waals surface area contributed by atoms with Crippen LogP contribution in [0, 0.1) is 17.8 Å². The smallest absolute Gasteiger partial charge is 0.409 e. The predicted octanol–water partition coefficient (Wildman–Crippen LogP) is 6.38. The van der Waals surface area contributed by atoms with Crippen molar-refractivity contribution >= 4 is 11.8 Å². The highest BCUT2D eigenvalue weighted by molar-refractivity contribution is 6.02. The van der Waals surface area contributed by atoms with Gasteiger partial charge in [-0.05, 0) is 82.1 Å². The van der Waals surface area contributed by atoms with Crippen LogP contribution < -0.4 is 9.47 Å². The van der Waals surface area contributed by atoms with Crippen molar-refractivity contribution in [3.63, 3.8) is 0 Å². The molecular formula is C37H54N2O8. The maximum Gasteiger partial charge on any atom is 0.409 e. The number of methoxy groups -OCH3 is 1. The molecule has 260 valence electrons. The molecule has 10 heteroatoms. The number of aliphatic hydroxyl groups excluding tert-OH is 2. The van der Waals surface area contributed by atoms with Gasteiger partial charge >= 0.3 is 6.09 Å². The molecule has 10 nitrogen and oxygen atoms in total. The van der Waals surface area contributed by atoms with Crippen LogP contribution in [0.2, 0.25) is 0 Å². The molecule has 2 aliphatic carbocycles. The van der Waals surface area contributed by atoms with Crippen LogP contribution in [0.15, 0.2) is 60.3 Å². The normalized spacial score (nSPS) is 27.1. The van der Waals surface area contributed by atoms with Crippen molar-refractivity contribution < 1.29 is 38.8 Å². The van der Waals surface area contributed by atoms with Gasteiger partial charge in [-0.3, -0.25) is 0 Å². The number of hydrogen-bond acceptors (Lipinski definition) is 9. The van der Waals surface area contributed by atoms with Gasteiger partial charge < -0.3 is 38.9 Å². The summed E-state index contributed by atoms with van der Waals surface area (Å²) in [5.74, 6) is -0.169. The zero-order valence-corrected chi connectivity index (χ0v) is 28.8. The minimum Gasteiger partial charge on any atom is -0.490 e. The van der Waals surface area contributed by atoms with Gasteiger partial charge in [0.05, 0.1) is 25.3 Å². The van der Waals surface area contributed by atoms with Crippen molar-refractivity contribution in [1.29, 1.82) is 0 Å². The van der Waals surface area contributed by atoms with Gasteiger partial charge in [0, 0.05) is 38.2 Å². The Morgan fingerprint density at radius 3 is 2.45 bits per heavy atom. The first-order valence-electron chi connectivity index (χ1n) is 16.9. The molecule has 1 amide bonds. The van der Waals surface area contributed by atoms with E-state index < -0.39 is 23.5 Å². The number of amides is 1. The van der Waals surface area contributed by atoms with Gasteiger partial charge in [0.1, 0.15) is 29.7 Å². The van der Waals surface area contributed by atoms with Crippen LogP contribution in [0.4, 0.5) is 4.79 Å². The summed E-state index contributed by atoms with van der Waals surface area (Å²) in [6.45, 7) is 14.4. The van der Waals surface area contributed by atoms with Crippen molar-refractivity contribution in [1.82, 2.24) is 4.90 Å². The van der Waals surface area contributed by atoms with Gasteiger partial charge in [0.2, 0.25) is 5.79 Å². The molecule has 0 bridgehead atoms. The lowest BCUT2D eigenvalue weighted by atomic mass is 9.55. The van der Waals surface area contributed by atoms with Crippen molar-refractivity contribution in [3.8, 4) is 11.5 Å². The molecule has 6 atom stereocenters. The number of fused-ring (bicyclic) bond motifs is 2. The monoisotopic (exact) mass is 654 g/mol. The first-order valence-corrected chi connectivity index (χ1v) is 16.9. The van der Waals surface area contributed by atoms with E-state index in [9.17, 15) is 15.0 Å². The maximum absolute atomic E-state index is 13.2. The molecular weight excluding hydrogens is 600 g/mol. The van der Waals surface area contributed by atoms with Crippen molar-refractivity contribution in [3.05, 3.63) is 60.7 Å². The van der Waals surface area contributed by atoms with E-state index in [-0.39, 0.29) is 43.5 Å². The molecule has 0 aromatic heterocycles. The third-order valence-electron chi connectivity index (χ3n) is 9.37. The molecule has 2 N–H and O–H groups in total. The fraction of sp³-hybridized carbons (Fsp3) is 0.622. The third kappa shape index (κ3) is 8.04. The predicted molar refractivity (Wildman–Crippen MR) is 182 cm³/mol. The molecule has 4 rings (SSSR count). The number of aliphatic hydroxyl groups is 2. The molecule has 0 unspecified atom stereocenters. The zero-order chi connectivity index (χ0) is 34.2. The van der Waals surface area contributed by atoms with E-state index in [2.05, 4.69) is 25.3 Å². The number of rotatable bonds is 16. The van der Waals surface area contributed by atoms with Crippen LogP contribution in [-0.4, -0.2) is 84.9 Å². The fourth-order valence-electron chi connectivity index (χ4n) is 7.44. The Balaban J connectivity index is 2.03. The van der Waals surface area contributed by atoms with Crippen LogP contribution >= 0.6 is 0 Å². The summed E-state index contributed by atoms with van der Waals surface area (Å²) >= 11 is 0. The Morgan fingerprint density at radius 1 is 1.11 bits per heavy atom. The largest absolute Gasteiger partial charge is 0.490 e. The Bertz CT molecular complexity index is 1300. The van der Waals surface area contributed by atoms with Gasteiger partial charge in [-0.2, -0.15) is 0 Å². The first-order chi connectivity index (χ1) is 22.5. The van der Waals surface area contributed by atoms with Gasteiger partial charge in [0.15, 0.2) is 0 Å². The number of hydrogen-bond donors (Lipinski definition) is 2. The van der Waals surface area contributed by atoms with Gasteiger partial charge in [-0.1, -0.05) is 42.8 Å².